The number of aromatic nitrogens is 4. The van der Waals surface area contributed by atoms with Crippen LogP contribution in [-0.4, -0.2) is 25.1 Å². The quantitative estimate of drug-likeness (QED) is 0.517. The zero-order valence-corrected chi connectivity index (χ0v) is 18.1. The lowest BCUT2D eigenvalue weighted by molar-refractivity contribution is 0.618. The predicted molar refractivity (Wildman–Crippen MR) is 126 cm³/mol. The van der Waals surface area contributed by atoms with E-state index in [2.05, 4.69) is 63.4 Å². The van der Waals surface area contributed by atoms with Crippen molar-refractivity contribution in [3.63, 3.8) is 0 Å². The van der Waals surface area contributed by atoms with E-state index in [1.54, 1.807) is 4.57 Å². The Kier molecular flexibility index (Phi) is 4.78. The fraction of sp³-hybridized carbons (Fsp3) is 0.346. The summed E-state index contributed by atoms with van der Waals surface area (Å²) in [5.74, 6) is 2.38. The molecule has 0 amide bonds. The average Bonchev–Trinajstić information content (AvgIpc) is 3.54. The third kappa shape index (κ3) is 3.40. The molecule has 6 nitrogen and oxygen atoms in total. The summed E-state index contributed by atoms with van der Waals surface area (Å²) in [6.07, 6.45) is 5.66. The summed E-state index contributed by atoms with van der Waals surface area (Å²) >= 11 is 0. The molecular formula is C26H27N5O. The molecule has 0 unspecified atom stereocenters. The van der Waals surface area contributed by atoms with Crippen molar-refractivity contribution < 1.29 is 0 Å². The van der Waals surface area contributed by atoms with Crippen molar-refractivity contribution in [2.45, 2.75) is 57.2 Å². The van der Waals surface area contributed by atoms with Crippen LogP contribution in [0.3, 0.4) is 0 Å². The second-order valence-corrected chi connectivity index (χ2v) is 9.08. The molecule has 1 saturated carbocycles. The van der Waals surface area contributed by atoms with Crippen LogP contribution in [0.25, 0.3) is 11.2 Å². The van der Waals surface area contributed by atoms with Crippen molar-refractivity contribution in [2.75, 3.05) is 5.32 Å². The molecule has 1 aliphatic carbocycles. The van der Waals surface area contributed by atoms with Crippen molar-refractivity contribution in [3.05, 3.63) is 88.1 Å². The SMILES string of the molecule is O=c1nc2nc(C3CCCC3)n(Cc3ccccc3)c2c2n1C[C@@H](Cc1ccccc1)N2. The van der Waals surface area contributed by atoms with E-state index >= 15 is 0 Å². The molecule has 3 heterocycles. The molecule has 0 bridgehead atoms. The lowest BCUT2D eigenvalue weighted by Gasteiger charge is -2.15. The van der Waals surface area contributed by atoms with Gasteiger partial charge < -0.3 is 9.88 Å². The van der Waals surface area contributed by atoms with Crippen LogP contribution in [0.1, 0.15) is 48.6 Å². The van der Waals surface area contributed by atoms with E-state index in [0.29, 0.717) is 18.1 Å². The van der Waals surface area contributed by atoms with Gasteiger partial charge in [0.2, 0.25) is 0 Å². The molecule has 2 aromatic carbocycles. The van der Waals surface area contributed by atoms with Crippen LogP contribution in [0, 0.1) is 0 Å². The van der Waals surface area contributed by atoms with Crippen LogP contribution in [0.15, 0.2) is 65.5 Å². The van der Waals surface area contributed by atoms with Crippen molar-refractivity contribution in [1.29, 1.82) is 0 Å². The number of hydrogen-bond donors (Lipinski definition) is 1. The highest BCUT2D eigenvalue weighted by molar-refractivity contribution is 5.85. The molecule has 162 valence electrons. The second kappa shape index (κ2) is 7.93. The molecule has 0 spiro atoms. The largest absolute Gasteiger partial charge is 0.365 e. The minimum atomic E-state index is -0.210. The summed E-state index contributed by atoms with van der Waals surface area (Å²) in [6.45, 7) is 1.36. The van der Waals surface area contributed by atoms with Crippen molar-refractivity contribution in [1.82, 2.24) is 19.1 Å². The Morgan fingerprint density at radius 1 is 0.906 bits per heavy atom. The van der Waals surface area contributed by atoms with Gasteiger partial charge in [-0.2, -0.15) is 4.98 Å². The molecule has 6 rings (SSSR count). The van der Waals surface area contributed by atoms with E-state index in [1.165, 1.54) is 24.0 Å². The highest BCUT2D eigenvalue weighted by Crippen LogP contribution is 2.37. The third-order valence-electron chi connectivity index (χ3n) is 6.88. The summed E-state index contributed by atoms with van der Waals surface area (Å²) in [7, 11) is 0. The van der Waals surface area contributed by atoms with Gasteiger partial charge in [-0.1, -0.05) is 73.5 Å². The fourth-order valence-corrected chi connectivity index (χ4v) is 5.35. The molecule has 0 saturated heterocycles. The van der Waals surface area contributed by atoms with Gasteiger partial charge in [0.05, 0.1) is 0 Å². The minimum absolute atomic E-state index is 0.160. The lowest BCUT2D eigenvalue weighted by atomic mass is 10.1. The monoisotopic (exact) mass is 425 g/mol. The molecule has 0 radical (unpaired) electrons. The van der Waals surface area contributed by atoms with E-state index in [4.69, 9.17) is 4.98 Å². The summed E-state index contributed by atoms with van der Waals surface area (Å²) in [5.41, 5.74) is 3.82. The number of rotatable bonds is 5. The first-order chi connectivity index (χ1) is 15.8. The third-order valence-corrected chi connectivity index (χ3v) is 6.88. The van der Waals surface area contributed by atoms with E-state index in [9.17, 15) is 4.79 Å². The van der Waals surface area contributed by atoms with Gasteiger partial charge in [-0.25, -0.2) is 9.78 Å². The van der Waals surface area contributed by atoms with E-state index in [1.807, 2.05) is 12.1 Å². The lowest BCUT2D eigenvalue weighted by Crippen LogP contribution is -2.24. The molecule has 32 heavy (non-hydrogen) atoms. The highest BCUT2D eigenvalue weighted by Gasteiger charge is 2.30. The van der Waals surface area contributed by atoms with Crippen LogP contribution in [0.5, 0.6) is 0 Å². The number of nitrogens with zero attached hydrogens (tertiary/aromatic N) is 4. The van der Waals surface area contributed by atoms with E-state index < -0.39 is 0 Å². The highest BCUT2D eigenvalue weighted by atomic mass is 16.1. The first-order valence-corrected chi connectivity index (χ1v) is 11.6. The van der Waals surface area contributed by atoms with Gasteiger partial charge in [-0.15, -0.1) is 0 Å². The smallest absolute Gasteiger partial charge is 0.351 e. The first-order valence-electron chi connectivity index (χ1n) is 11.6. The van der Waals surface area contributed by atoms with Gasteiger partial charge in [-0.3, -0.25) is 4.57 Å². The number of nitrogens with one attached hydrogen (secondary N) is 1. The van der Waals surface area contributed by atoms with Crippen molar-refractivity contribution in [2.24, 2.45) is 0 Å². The Morgan fingerprint density at radius 3 is 2.31 bits per heavy atom. The molecule has 1 fully saturated rings. The maximum absolute atomic E-state index is 12.9. The molecule has 6 heteroatoms. The van der Waals surface area contributed by atoms with Gasteiger partial charge in [0.25, 0.3) is 0 Å². The van der Waals surface area contributed by atoms with Gasteiger partial charge in [0.15, 0.2) is 5.65 Å². The van der Waals surface area contributed by atoms with E-state index in [0.717, 1.165) is 43.0 Å². The molecular weight excluding hydrogens is 398 g/mol. The Labute approximate surface area is 186 Å². The first kappa shape index (κ1) is 19.3. The Bertz CT molecular complexity index is 1300. The number of anilines is 1. The molecule has 2 aliphatic rings. The number of benzene rings is 2. The Morgan fingerprint density at radius 2 is 1.59 bits per heavy atom. The van der Waals surface area contributed by atoms with Crippen LogP contribution < -0.4 is 11.0 Å². The Balaban J connectivity index is 1.45. The summed E-state index contributed by atoms with van der Waals surface area (Å²) < 4.78 is 4.12. The maximum Gasteiger partial charge on any atom is 0.351 e. The average molecular weight is 426 g/mol. The summed E-state index contributed by atoms with van der Waals surface area (Å²) in [6, 6.07) is 21.1. The molecule has 1 atom stereocenters. The van der Waals surface area contributed by atoms with Crippen molar-refractivity contribution in [3.8, 4) is 0 Å². The van der Waals surface area contributed by atoms with Crippen LogP contribution in [0.2, 0.25) is 0 Å². The van der Waals surface area contributed by atoms with Gasteiger partial charge in [0, 0.05) is 25.0 Å². The molecule has 1 aliphatic heterocycles. The van der Waals surface area contributed by atoms with Crippen LogP contribution >= 0.6 is 0 Å². The number of hydrogen-bond acceptors (Lipinski definition) is 4. The molecule has 4 aromatic rings. The fourth-order valence-electron chi connectivity index (χ4n) is 5.35. The zero-order chi connectivity index (χ0) is 21.5. The molecule has 2 aromatic heterocycles. The minimum Gasteiger partial charge on any atom is -0.365 e. The van der Waals surface area contributed by atoms with Crippen molar-refractivity contribution >= 4 is 17.0 Å². The predicted octanol–water partition coefficient (Wildman–Crippen LogP) is 4.34. The molecule has 1 N–H and O–H groups in total. The second-order valence-electron chi connectivity index (χ2n) is 9.08. The topological polar surface area (TPSA) is 64.7 Å². The zero-order valence-electron chi connectivity index (χ0n) is 18.1. The van der Waals surface area contributed by atoms with Crippen LogP contribution in [0.4, 0.5) is 5.82 Å². The number of imidazole rings is 1. The Hall–Kier alpha value is -3.41. The summed E-state index contributed by atoms with van der Waals surface area (Å²) in [4.78, 5) is 22.2. The van der Waals surface area contributed by atoms with Gasteiger partial charge in [0.1, 0.15) is 17.2 Å². The van der Waals surface area contributed by atoms with Gasteiger partial charge in [-0.05, 0) is 30.4 Å². The normalized spacial score (nSPS) is 18.2. The van der Waals surface area contributed by atoms with Crippen LogP contribution in [-0.2, 0) is 19.5 Å². The standard InChI is InChI=1S/C26H27N5O/c32-26-29-23-22(25-27-21(17-31(25)26)15-18-9-3-1-4-10-18)30(16-19-11-5-2-6-12-19)24(28-23)20-13-7-8-14-20/h1-6,9-12,20-21,27H,7-8,13-17H2/t21-/m1/s1. The summed E-state index contributed by atoms with van der Waals surface area (Å²) in [5, 5.41) is 3.66. The maximum atomic E-state index is 12.9. The van der Waals surface area contributed by atoms with Gasteiger partial charge >= 0.3 is 5.69 Å². The van der Waals surface area contributed by atoms with E-state index in [-0.39, 0.29) is 11.7 Å². The number of fused-ring (bicyclic) bond motifs is 3.